The third-order valence-electron chi connectivity index (χ3n) is 4.79. The molecular formula is C25H23Cl3N2O3. The summed E-state index contributed by atoms with van der Waals surface area (Å²) in [5, 5.41) is 6.32. The topological polar surface area (TPSA) is 67.4 Å². The number of ether oxygens (including phenoxy) is 1. The molecule has 172 valence electrons. The van der Waals surface area contributed by atoms with Crippen molar-refractivity contribution in [3.63, 3.8) is 0 Å². The lowest BCUT2D eigenvalue weighted by molar-refractivity contribution is -0.118. The van der Waals surface area contributed by atoms with Gasteiger partial charge in [-0.1, -0.05) is 60.3 Å². The Hall–Kier alpha value is -2.73. The Morgan fingerprint density at radius 2 is 1.52 bits per heavy atom. The van der Waals surface area contributed by atoms with E-state index in [0.29, 0.717) is 16.3 Å². The second kappa shape index (κ2) is 11.9. The van der Waals surface area contributed by atoms with Crippen molar-refractivity contribution in [1.82, 2.24) is 0 Å². The van der Waals surface area contributed by atoms with Crippen molar-refractivity contribution in [1.29, 1.82) is 0 Å². The summed E-state index contributed by atoms with van der Waals surface area (Å²) < 4.78 is 5.52. The predicted molar refractivity (Wildman–Crippen MR) is 135 cm³/mol. The Labute approximate surface area is 208 Å². The molecule has 0 unspecified atom stereocenters. The lowest BCUT2D eigenvalue weighted by Gasteiger charge is -2.11. The normalized spacial score (nSPS) is 10.5. The molecule has 0 radical (unpaired) electrons. The van der Waals surface area contributed by atoms with Crippen LogP contribution in [0.2, 0.25) is 15.1 Å². The molecule has 0 atom stereocenters. The van der Waals surface area contributed by atoms with Gasteiger partial charge in [0.2, 0.25) is 0 Å². The summed E-state index contributed by atoms with van der Waals surface area (Å²) in [6, 6.07) is 17.2. The maximum atomic E-state index is 12.5. The molecular weight excluding hydrogens is 483 g/mol. The maximum Gasteiger partial charge on any atom is 0.262 e. The van der Waals surface area contributed by atoms with Gasteiger partial charge < -0.3 is 15.4 Å². The number of hydrogen-bond acceptors (Lipinski definition) is 3. The van der Waals surface area contributed by atoms with Gasteiger partial charge in [-0.3, -0.25) is 9.59 Å². The van der Waals surface area contributed by atoms with E-state index >= 15 is 0 Å². The molecule has 8 heteroatoms. The number of anilines is 2. The molecule has 0 aliphatic heterocycles. The summed E-state index contributed by atoms with van der Waals surface area (Å²) in [5.41, 5.74) is 2.62. The smallest absolute Gasteiger partial charge is 0.262 e. The molecule has 0 saturated carbocycles. The average molecular weight is 506 g/mol. The SMILES string of the molecule is CCCCc1ccc(NC(=O)COc2ccc(C(=O)Nc3c(Cl)cc(Cl)cc3Cl)cc2)cc1. The van der Waals surface area contributed by atoms with E-state index in [1.54, 1.807) is 24.3 Å². The van der Waals surface area contributed by atoms with Gasteiger partial charge >= 0.3 is 0 Å². The number of aryl methyl sites for hydroxylation is 1. The zero-order valence-electron chi connectivity index (χ0n) is 18.0. The fourth-order valence-corrected chi connectivity index (χ4v) is 3.94. The Balaban J connectivity index is 1.51. The largest absolute Gasteiger partial charge is 0.484 e. The van der Waals surface area contributed by atoms with Crippen LogP contribution in [0.25, 0.3) is 0 Å². The Kier molecular flexibility index (Phi) is 9.01. The van der Waals surface area contributed by atoms with Crippen LogP contribution in [-0.2, 0) is 11.2 Å². The number of unbranched alkanes of at least 4 members (excludes halogenated alkanes) is 1. The lowest BCUT2D eigenvalue weighted by atomic mass is 10.1. The van der Waals surface area contributed by atoms with Crippen molar-refractivity contribution >= 4 is 58.0 Å². The van der Waals surface area contributed by atoms with E-state index in [4.69, 9.17) is 39.5 Å². The van der Waals surface area contributed by atoms with E-state index in [9.17, 15) is 9.59 Å². The van der Waals surface area contributed by atoms with E-state index in [0.717, 1.165) is 24.9 Å². The van der Waals surface area contributed by atoms with Crippen LogP contribution in [-0.4, -0.2) is 18.4 Å². The highest BCUT2D eigenvalue weighted by Gasteiger charge is 2.13. The summed E-state index contributed by atoms with van der Waals surface area (Å²) in [7, 11) is 0. The Morgan fingerprint density at radius 1 is 0.879 bits per heavy atom. The van der Waals surface area contributed by atoms with Crippen molar-refractivity contribution in [2.45, 2.75) is 26.2 Å². The average Bonchev–Trinajstić information content (AvgIpc) is 2.80. The summed E-state index contributed by atoms with van der Waals surface area (Å²) >= 11 is 18.1. The molecule has 0 saturated heterocycles. The first-order valence-electron chi connectivity index (χ1n) is 10.4. The summed E-state index contributed by atoms with van der Waals surface area (Å²) in [6.45, 7) is 2.00. The van der Waals surface area contributed by atoms with Gasteiger partial charge in [0, 0.05) is 16.3 Å². The van der Waals surface area contributed by atoms with Gasteiger partial charge in [0.1, 0.15) is 5.75 Å². The van der Waals surface area contributed by atoms with Crippen LogP contribution in [0.3, 0.4) is 0 Å². The number of carbonyl (C=O) groups is 2. The van der Waals surface area contributed by atoms with E-state index in [1.807, 2.05) is 24.3 Å². The van der Waals surface area contributed by atoms with Crippen LogP contribution in [0.1, 0.15) is 35.7 Å². The van der Waals surface area contributed by atoms with Crippen LogP contribution in [0, 0.1) is 0 Å². The standard InChI is InChI=1S/C25H23Cl3N2O3/c1-2-3-4-16-5-9-19(10-6-16)29-23(31)15-33-20-11-7-17(8-12-20)25(32)30-24-21(27)13-18(26)14-22(24)28/h5-14H,2-4,15H2,1H3,(H,29,31)(H,30,32). The quantitative estimate of drug-likeness (QED) is 0.321. The van der Waals surface area contributed by atoms with Gasteiger partial charge in [-0.15, -0.1) is 0 Å². The first-order chi connectivity index (χ1) is 15.9. The van der Waals surface area contributed by atoms with Crippen LogP contribution in [0.15, 0.2) is 60.7 Å². The molecule has 2 N–H and O–H groups in total. The first kappa shape index (κ1) is 24.9. The van der Waals surface area contributed by atoms with Gasteiger partial charge in [-0.05, 0) is 66.9 Å². The van der Waals surface area contributed by atoms with Crippen LogP contribution in [0.5, 0.6) is 5.75 Å². The minimum atomic E-state index is -0.396. The third kappa shape index (κ3) is 7.39. The second-order valence-corrected chi connectivity index (χ2v) is 8.61. The highest BCUT2D eigenvalue weighted by atomic mass is 35.5. The van der Waals surface area contributed by atoms with Crippen molar-refractivity contribution in [3.05, 3.63) is 86.9 Å². The number of hydrogen-bond donors (Lipinski definition) is 2. The molecule has 3 aromatic rings. The Morgan fingerprint density at radius 3 is 2.12 bits per heavy atom. The van der Waals surface area contributed by atoms with Crippen LogP contribution in [0.4, 0.5) is 11.4 Å². The molecule has 0 aliphatic rings. The van der Waals surface area contributed by atoms with Gasteiger partial charge in [0.05, 0.1) is 15.7 Å². The minimum absolute atomic E-state index is 0.154. The highest BCUT2D eigenvalue weighted by Crippen LogP contribution is 2.34. The molecule has 0 aromatic heterocycles. The second-order valence-electron chi connectivity index (χ2n) is 7.36. The van der Waals surface area contributed by atoms with E-state index in [2.05, 4.69) is 17.6 Å². The van der Waals surface area contributed by atoms with Crippen molar-refractivity contribution < 1.29 is 14.3 Å². The first-order valence-corrected chi connectivity index (χ1v) is 11.6. The summed E-state index contributed by atoms with van der Waals surface area (Å²) in [5.74, 6) is -0.211. The molecule has 2 amide bonds. The number of halogens is 3. The maximum absolute atomic E-state index is 12.5. The highest BCUT2D eigenvalue weighted by molar-refractivity contribution is 6.42. The molecule has 0 bridgehead atoms. The van der Waals surface area contributed by atoms with Crippen LogP contribution < -0.4 is 15.4 Å². The molecule has 3 rings (SSSR count). The minimum Gasteiger partial charge on any atom is -0.484 e. The van der Waals surface area contributed by atoms with Gasteiger partial charge in [-0.2, -0.15) is 0 Å². The van der Waals surface area contributed by atoms with E-state index < -0.39 is 5.91 Å². The Bertz CT molecular complexity index is 1090. The van der Waals surface area contributed by atoms with E-state index in [-0.39, 0.29) is 28.2 Å². The number of nitrogens with one attached hydrogen (secondary N) is 2. The molecule has 0 spiro atoms. The van der Waals surface area contributed by atoms with E-state index in [1.165, 1.54) is 17.7 Å². The zero-order chi connectivity index (χ0) is 23.8. The lowest BCUT2D eigenvalue weighted by Crippen LogP contribution is -2.20. The van der Waals surface area contributed by atoms with Gasteiger partial charge in [0.25, 0.3) is 11.8 Å². The van der Waals surface area contributed by atoms with Crippen molar-refractivity contribution in [3.8, 4) is 5.75 Å². The fourth-order valence-electron chi connectivity index (χ4n) is 3.03. The predicted octanol–water partition coefficient (Wildman–Crippen LogP) is 7.26. The molecule has 3 aromatic carbocycles. The molecule has 33 heavy (non-hydrogen) atoms. The zero-order valence-corrected chi connectivity index (χ0v) is 20.2. The summed E-state index contributed by atoms with van der Waals surface area (Å²) in [4.78, 5) is 24.7. The number of amides is 2. The summed E-state index contributed by atoms with van der Waals surface area (Å²) in [6.07, 6.45) is 3.32. The molecule has 0 fully saturated rings. The monoisotopic (exact) mass is 504 g/mol. The van der Waals surface area contributed by atoms with Crippen LogP contribution >= 0.6 is 34.8 Å². The third-order valence-corrected chi connectivity index (χ3v) is 5.60. The fraction of sp³-hybridized carbons (Fsp3) is 0.200. The number of benzene rings is 3. The van der Waals surface area contributed by atoms with Gasteiger partial charge in [-0.25, -0.2) is 0 Å². The van der Waals surface area contributed by atoms with Crippen molar-refractivity contribution in [2.24, 2.45) is 0 Å². The number of carbonyl (C=O) groups excluding carboxylic acids is 2. The molecule has 0 heterocycles. The molecule has 5 nitrogen and oxygen atoms in total. The number of rotatable bonds is 9. The van der Waals surface area contributed by atoms with Crippen molar-refractivity contribution in [2.75, 3.05) is 17.2 Å². The van der Waals surface area contributed by atoms with Gasteiger partial charge in [0.15, 0.2) is 6.61 Å². The molecule has 0 aliphatic carbocycles.